The number of rotatable bonds is 5. The first-order chi connectivity index (χ1) is 12.1. The average molecular weight is 340 g/mol. The molecule has 1 amide bonds. The summed E-state index contributed by atoms with van der Waals surface area (Å²) in [5.41, 5.74) is 8.33. The standard InChI is InChI=1S/C18H24N6O/c1-12(25)22-14-7-9-15(10-8-14)24-18-16(19)17(20-11-21-18)23-13-5-3-2-4-6-13/h7-11,13H,2-6,19H2,1H3,(H,22,25)(H2,20,21,23,24). The Morgan fingerprint density at radius 1 is 1.04 bits per heavy atom. The highest BCUT2D eigenvalue weighted by Gasteiger charge is 2.16. The number of aromatic nitrogens is 2. The largest absolute Gasteiger partial charge is 0.393 e. The monoisotopic (exact) mass is 340 g/mol. The molecule has 1 aliphatic rings. The molecule has 25 heavy (non-hydrogen) atoms. The lowest BCUT2D eigenvalue weighted by Gasteiger charge is -2.24. The fourth-order valence-corrected chi connectivity index (χ4v) is 3.03. The maximum atomic E-state index is 11.1. The second-order valence-corrected chi connectivity index (χ2v) is 6.35. The molecule has 1 aliphatic carbocycles. The number of amides is 1. The van der Waals surface area contributed by atoms with Crippen LogP contribution in [-0.4, -0.2) is 21.9 Å². The molecule has 2 aromatic rings. The number of anilines is 5. The Balaban J connectivity index is 1.69. The van der Waals surface area contributed by atoms with E-state index in [2.05, 4.69) is 25.9 Å². The van der Waals surface area contributed by atoms with Gasteiger partial charge in [-0.1, -0.05) is 19.3 Å². The normalized spacial score (nSPS) is 14.8. The Labute approximate surface area is 147 Å². The lowest BCUT2D eigenvalue weighted by molar-refractivity contribution is -0.114. The minimum absolute atomic E-state index is 0.0980. The fraction of sp³-hybridized carbons (Fsp3) is 0.389. The number of hydrogen-bond donors (Lipinski definition) is 4. The van der Waals surface area contributed by atoms with E-state index in [4.69, 9.17) is 5.73 Å². The Bertz CT molecular complexity index is 725. The first-order valence-corrected chi connectivity index (χ1v) is 8.63. The van der Waals surface area contributed by atoms with Crippen molar-refractivity contribution in [3.63, 3.8) is 0 Å². The van der Waals surface area contributed by atoms with Gasteiger partial charge in [-0.15, -0.1) is 0 Å². The Morgan fingerprint density at radius 2 is 1.68 bits per heavy atom. The van der Waals surface area contributed by atoms with Gasteiger partial charge in [0.25, 0.3) is 0 Å². The smallest absolute Gasteiger partial charge is 0.221 e. The molecule has 5 N–H and O–H groups in total. The first-order valence-electron chi connectivity index (χ1n) is 8.63. The van der Waals surface area contributed by atoms with Gasteiger partial charge < -0.3 is 21.7 Å². The van der Waals surface area contributed by atoms with Crippen molar-refractivity contribution in [1.29, 1.82) is 0 Å². The van der Waals surface area contributed by atoms with Gasteiger partial charge in [0, 0.05) is 24.3 Å². The maximum Gasteiger partial charge on any atom is 0.221 e. The van der Waals surface area contributed by atoms with Crippen molar-refractivity contribution in [3.8, 4) is 0 Å². The minimum Gasteiger partial charge on any atom is -0.393 e. The van der Waals surface area contributed by atoms with Crippen molar-refractivity contribution >= 4 is 34.6 Å². The van der Waals surface area contributed by atoms with Crippen LogP contribution in [0.4, 0.5) is 28.7 Å². The molecule has 0 atom stereocenters. The molecular weight excluding hydrogens is 316 g/mol. The van der Waals surface area contributed by atoms with E-state index in [-0.39, 0.29) is 5.91 Å². The number of nitrogens with one attached hydrogen (secondary N) is 3. The zero-order valence-electron chi connectivity index (χ0n) is 14.4. The van der Waals surface area contributed by atoms with Crippen LogP contribution in [0.5, 0.6) is 0 Å². The summed E-state index contributed by atoms with van der Waals surface area (Å²) in [6.07, 6.45) is 7.60. The summed E-state index contributed by atoms with van der Waals surface area (Å²) in [6, 6.07) is 7.79. The van der Waals surface area contributed by atoms with Gasteiger partial charge in [-0.05, 0) is 37.1 Å². The molecule has 132 valence electrons. The lowest BCUT2D eigenvalue weighted by Crippen LogP contribution is -2.23. The molecule has 1 saturated carbocycles. The SMILES string of the molecule is CC(=O)Nc1ccc(Nc2ncnc(NC3CCCCC3)c2N)cc1. The second kappa shape index (κ2) is 7.83. The highest BCUT2D eigenvalue weighted by Crippen LogP contribution is 2.29. The number of benzene rings is 1. The molecule has 0 spiro atoms. The van der Waals surface area contributed by atoms with Crippen LogP contribution in [-0.2, 0) is 4.79 Å². The maximum absolute atomic E-state index is 11.1. The van der Waals surface area contributed by atoms with Gasteiger partial charge >= 0.3 is 0 Å². The predicted molar refractivity (Wildman–Crippen MR) is 101 cm³/mol. The van der Waals surface area contributed by atoms with Crippen LogP contribution in [0.25, 0.3) is 0 Å². The van der Waals surface area contributed by atoms with Crippen LogP contribution in [0.3, 0.4) is 0 Å². The molecule has 7 nitrogen and oxygen atoms in total. The van der Waals surface area contributed by atoms with Gasteiger partial charge in [0.2, 0.25) is 5.91 Å². The molecular formula is C18H24N6O. The van der Waals surface area contributed by atoms with Crippen LogP contribution in [0, 0.1) is 0 Å². The summed E-state index contributed by atoms with van der Waals surface area (Å²) in [4.78, 5) is 19.6. The number of carbonyl (C=O) groups excluding carboxylic acids is 1. The summed E-state index contributed by atoms with van der Waals surface area (Å²) in [5.74, 6) is 1.15. The van der Waals surface area contributed by atoms with Gasteiger partial charge in [-0.2, -0.15) is 0 Å². The third-order valence-corrected chi connectivity index (χ3v) is 4.30. The molecule has 1 aromatic carbocycles. The van der Waals surface area contributed by atoms with E-state index in [0.717, 1.165) is 24.2 Å². The predicted octanol–water partition coefficient (Wildman–Crippen LogP) is 3.51. The number of nitrogen functional groups attached to an aromatic ring is 1. The van der Waals surface area contributed by atoms with E-state index in [1.807, 2.05) is 24.3 Å². The van der Waals surface area contributed by atoms with Crippen molar-refractivity contribution in [1.82, 2.24) is 9.97 Å². The van der Waals surface area contributed by atoms with E-state index < -0.39 is 0 Å². The summed E-state index contributed by atoms with van der Waals surface area (Å²) >= 11 is 0. The zero-order chi connectivity index (χ0) is 17.6. The third-order valence-electron chi connectivity index (χ3n) is 4.30. The lowest BCUT2D eigenvalue weighted by atomic mass is 9.95. The topological polar surface area (TPSA) is 105 Å². The van der Waals surface area contributed by atoms with Crippen molar-refractivity contribution in [2.45, 2.75) is 45.1 Å². The van der Waals surface area contributed by atoms with Crippen LogP contribution in [0.1, 0.15) is 39.0 Å². The molecule has 0 radical (unpaired) electrons. The summed E-state index contributed by atoms with van der Waals surface area (Å²) in [6.45, 7) is 1.48. The minimum atomic E-state index is -0.0980. The number of carbonyl (C=O) groups is 1. The Kier molecular flexibility index (Phi) is 5.33. The zero-order valence-corrected chi connectivity index (χ0v) is 14.4. The van der Waals surface area contributed by atoms with E-state index in [0.29, 0.717) is 23.4 Å². The summed E-state index contributed by atoms with van der Waals surface area (Å²) in [5, 5.41) is 9.38. The Morgan fingerprint density at radius 3 is 2.36 bits per heavy atom. The molecule has 1 fully saturated rings. The van der Waals surface area contributed by atoms with Crippen LogP contribution in [0.15, 0.2) is 30.6 Å². The number of nitrogens with zero attached hydrogens (tertiary/aromatic N) is 2. The first kappa shape index (κ1) is 17.0. The highest BCUT2D eigenvalue weighted by molar-refractivity contribution is 5.89. The average Bonchev–Trinajstić information content (AvgIpc) is 2.60. The molecule has 1 aromatic heterocycles. The molecule has 7 heteroatoms. The van der Waals surface area contributed by atoms with Crippen molar-refractivity contribution in [3.05, 3.63) is 30.6 Å². The molecule has 0 aliphatic heterocycles. The van der Waals surface area contributed by atoms with Crippen LogP contribution >= 0.6 is 0 Å². The van der Waals surface area contributed by atoms with Crippen molar-refractivity contribution < 1.29 is 4.79 Å². The molecule has 3 rings (SSSR count). The van der Waals surface area contributed by atoms with Gasteiger partial charge in [0.1, 0.15) is 12.0 Å². The number of nitrogens with two attached hydrogens (primary N) is 1. The quantitative estimate of drug-likeness (QED) is 0.664. The second-order valence-electron chi connectivity index (χ2n) is 6.35. The summed E-state index contributed by atoms with van der Waals surface area (Å²) in [7, 11) is 0. The van der Waals surface area contributed by atoms with E-state index in [9.17, 15) is 4.79 Å². The van der Waals surface area contributed by atoms with E-state index in [1.165, 1.54) is 32.5 Å². The van der Waals surface area contributed by atoms with E-state index in [1.54, 1.807) is 0 Å². The molecule has 0 unspecified atom stereocenters. The van der Waals surface area contributed by atoms with Gasteiger partial charge in [-0.3, -0.25) is 4.79 Å². The van der Waals surface area contributed by atoms with Crippen molar-refractivity contribution in [2.24, 2.45) is 0 Å². The molecule has 0 bridgehead atoms. The highest BCUT2D eigenvalue weighted by atomic mass is 16.1. The third kappa shape index (κ3) is 4.59. The van der Waals surface area contributed by atoms with Gasteiger partial charge in [-0.25, -0.2) is 9.97 Å². The molecule has 0 saturated heterocycles. The summed E-state index contributed by atoms with van der Waals surface area (Å²) < 4.78 is 0. The number of hydrogen-bond acceptors (Lipinski definition) is 6. The van der Waals surface area contributed by atoms with Crippen molar-refractivity contribution in [2.75, 3.05) is 21.7 Å². The van der Waals surface area contributed by atoms with E-state index >= 15 is 0 Å². The van der Waals surface area contributed by atoms with Gasteiger partial charge in [0.05, 0.1) is 0 Å². The van der Waals surface area contributed by atoms with Crippen LogP contribution in [0.2, 0.25) is 0 Å². The molecule has 1 heterocycles. The van der Waals surface area contributed by atoms with Crippen LogP contribution < -0.4 is 21.7 Å². The fourth-order valence-electron chi connectivity index (χ4n) is 3.03. The Hall–Kier alpha value is -2.83. The van der Waals surface area contributed by atoms with Gasteiger partial charge in [0.15, 0.2) is 11.6 Å².